The summed E-state index contributed by atoms with van der Waals surface area (Å²) in [6, 6.07) is 0.264. The van der Waals surface area contributed by atoms with Crippen LogP contribution in [0.2, 0.25) is 0 Å². The summed E-state index contributed by atoms with van der Waals surface area (Å²) in [6.45, 7) is 4.84. The number of aromatic nitrogens is 2. The Balaban J connectivity index is 1.78. The van der Waals surface area contributed by atoms with Gasteiger partial charge in [-0.2, -0.15) is 4.98 Å². The molecule has 0 saturated carbocycles. The molecule has 0 aromatic carbocycles. The van der Waals surface area contributed by atoms with Crippen molar-refractivity contribution >= 4 is 0 Å². The maximum absolute atomic E-state index is 5.40. The number of ether oxygens (including phenoxy) is 1. The van der Waals surface area contributed by atoms with E-state index in [0.29, 0.717) is 0 Å². The zero-order valence-electron chi connectivity index (χ0n) is 10.2. The third-order valence-corrected chi connectivity index (χ3v) is 3.94. The highest BCUT2D eigenvalue weighted by Gasteiger charge is 2.35. The molecule has 1 aromatic rings. The highest BCUT2D eigenvalue weighted by Crippen LogP contribution is 2.33. The molecule has 1 atom stereocenters. The molecular weight excluding hydrogens is 218 g/mol. The quantitative estimate of drug-likeness (QED) is 0.846. The van der Waals surface area contributed by atoms with Crippen LogP contribution in [0.1, 0.15) is 50.4 Å². The standard InChI is InChI=1S/C12H19N3O2/c1-12(4-7-16-8-5-12)11-14-10(17-15-11)9-3-2-6-13-9/h9,13H,2-8H2,1H3. The van der Waals surface area contributed by atoms with Gasteiger partial charge in [0.2, 0.25) is 5.89 Å². The van der Waals surface area contributed by atoms with E-state index in [1.165, 1.54) is 6.42 Å². The molecule has 1 unspecified atom stereocenters. The van der Waals surface area contributed by atoms with E-state index in [-0.39, 0.29) is 11.5 Å². The van der Waals surface area contributed by atoms with Crippen LogP contribution in [0.25, 0.3) is 0 Å². The zero-order chi connectivity index (χ0) is 11.7. The van der Waals surface area contributed by atoms with E-state index in [0.717, 1.165) is 50.7 Å². The predicted molar refractivity (Wildman–Crippen MR) is 61.7 cm³/mol. The lowest BCUT2D eigenvalue weighted by Gasteiger charge is -2.30. The van der Waals surface area contributed by atoms with E-state index >= 15 is 0 Å². The number of nitrogens with zero attached hydrogens (tertiary/aromatic N) is 2. The SMILES string of the molecule is CC1(c2noc(C3CCCN3)n2)CCOCC1. The summed E-state index contributed by atoms with van der Waals surface area (Å²) < 4.78 is 10.8. The van der Waals surface area contributed by atoms with Gasteiger partial charge in [0.1, 0.15) is 0 Å². The van der Waals surface area contributed by atoms with Crippen LogP contribution in [0, 0.1) is 0 Å². The second kappa shape index (κ2) is 4.38. The first-order valence-electron chi connectivity index (χ1n) is 6.43. The van der Waals surface area contributed by atoms with Crippen molar-refractivity contribution in [2.45, 2.75) is 44.1 Å². The van der Waals surface area contributed by atoms with Gasteiger partial charge < -0.3 is 14.6 Å². The van der Waals surface area contributed by atoms with E-state index in [9.17, 15) is 0 Å². The van der Waals surface area contributed by atoms with Gasteiger partial charge in [0.15, 0.2) is 5.82 Å². The van der Waals surface area contributed by atoms with E-state index < -0.39 is 0 Å². The molecule has 17 heavy (non-hydrogen) atoms. The van der Waals surface area contributed by atoms with E-state index in [1.54, 1.807) is 0 Å². The van der Waals surface area contributed by atoms with Crippen molar-refractivity contribution in [2.24, 2.45) is 0 Å². The monoisotopic (exact) mass is 237 g/mol. The summed E-state index contributed by atoms with van der Waals surface area (Å²) in [6.07, 6.45) is 4.24. The minimum atomic E-state index is 0.0264. The van der Waals surface area contributed by atoms with Crippen molar-refractivity contribution in [1.82, 2.24) is 15.5 Å². The minimum Gasteiger partial charge on any atom is -0.381 e. The van der Waals surface area contributed by atoms with Gasteiger partial charge in [-0.3, -0.25) is 0 Å². The summed E-state index contributed by atoms with van der Waals surface area (Å²) in [5, 5.41) is 7.56. The van der Waals surface area contributed by atoms with Gasteiger partial charge in [-0.1, -0.05) is 12.1 Å². The van der Waals surface area contributed by atoms with Crippen LogP contribution in [0.15, 0.2) is 4.52 Å². The molecule has 2 fully saturated rings. The van der Waals surface area contributed by atoms with Crippen molar-refractivity contribution in [2.75, 3.05) is 19.8 Å². The van der Waals surface area contributed by atoms with Crippen LogP contribution < -0.4 is 5.32 Å². The van der Waals surface area contributed by atoms with E-state index in [4.69, 9.17) is 9.26 Å². The summed E-state index contributed by atoms with van der Waals surface area (Å²) in [4.78, 5) is 4.59. The highest BCUT2D eigenvalue weighted by molar-refractivity contribution is 5.07. The Morgan fingerprint density at radius 1 is 1.35 bits per heavy atom. The number of nitrogens with one attached hydrogen (secondary N) is 1. The Bertz CT molecular complexity index is 379. The predicted octanol–water partition coefficient (Wildman–Crippen LogP) is 1.56. The Morgan fingerprint density at radius 3 is 2.88 bits per heavy atom. The zero-order valence-corrected chi connectivity index (χ0v) is 10.2. The first kappa shape index (κ1) is 11.2. The lowest BCUT2D eigenvalue weighted by Crippen LogP contribution is -2.31. The van der Waals surface area contributed by atoms with Crippen molar-refractivity contribution in [3.63, 3.8) is 0 Å². The van der Waals surface area contributed by atoms with E-state index in [1.807, 2.05) is 0 Å². The fourth-order valence-electron chi connectivity index (χ4n) is 2.56. The first-order chi connectivity index (χ1) is 8.28. The van der Waals surface area contributed by atoms with Crippen LogP contribution >= 0.6 is 0 Å². The maximum Gasteiger partial charge on any atom is 0.243 e. The largest absolute Gasteiger partial charge is 0.381 e. The summed E-state index contributed by atoms with van der Waals surface area (Å²) in [5.74, 6) is 1.61. The Labute approximate surface area is 101 Å². The van der Waals surface area contributed by atoms with E-state index in [2.05, 4.69) is 22.4 Å². The number of hydrogen-bond acceptors (Lipinski definition) is 5. The Morgan fingerprint density at radius 2 is 2.18 bits per heavy atom. The molecular formula is C12H19N3O2. The fourth-order valence-corrected chi connectivity index (χ4v) is 2.56. The number of rotatable bonds is 2. The third-order valence-electron chi connectivity index (χ3n) is 3.94. The molecule has 2 saturated heterocycles. The molecule has 5 heteroatoms. The molecule has 5 nitrogen and oxygen atoms in total. The third kappa shape index (κ3) is 2.09. The molecule has 2 aliphatic heterocycles. The minimum absolute atomic E-state index is 0.0264. The van der Waals surface area contributed by atoms with Crippen LogP contribution in [-0.4, -0.2) is 29.9 Å². The molecule has 2 aliphatic rings. The molecule has 0 spiro atoms. The van der Waals surface area contributed by atoms with Crippen molar-refractivity contribution in [3.8, 4) is 0 Å². The number of hydrogen-bond donors (Lipinski definition) is 1. The molecule has 0 radical (unpaired) electrons. The van der Waals surface area contributed by atoms with Gasteiger partial charge >= 0.3 is 0 Å². The van der Waals surface area contributed by atoms with Gasteiger partial charge in [0.05, 0.1) is 6.04 Å². The first-order valence-corrected chi connectivity index (χ1v) is 6.43. The smallest absolute Gasteiger partial charge is 0.243 e. The second-order valence-corrected chi connectivity index (χ2v) is 5.28. The van der Waals surface area contributed by atoms with Crippen LogP contribution in [0.4, 0.5) is 0 Å². The van der Waals surface area contributed by atoms with Crippen LogP contribution in [-0.2, 0) is 10.2 Å². The summed E-state index contributed by atoms with van der Waals surface area (Å²) in [7, 11) is 0. The Hall–Kier alpha value is -0.940. The summed E-state index contributed by atoms with van der Waals surface area (Å²) >= 11 is 0. The second-order valence-electron chi connectivity index (χ2n) is 5.28. The van der Waals surface area contributed by atoms with Crippen molar-refractivity contribution in [3.05, 3.63) is 11.7 Å². The average molecular weight is 237 g/mol. The highest BCUT2D eigenvalue weighted by atomic mass is 16.5. The van der Waals surface area contributed by atoms with Gasteiger partial charge in [-0.25, -0.2) is 0 Å². The molecule has 94 valence electrons. The van der Waals surface area contributed by atoms with Crippen LogP contribution in [0.5, 0.6) is 0 Å². The molecule has 1 N–H and O–H groups in total. The topological polar surface area (TPSA) is 60.2 Å². The van der Waals surface area contributed by atoms with Gasteiger partial charge in [-0.05, 0) is 32.2 Å². The molecule has 0 aliphatic carbocycles. The Kier molecular flexibility index (Phi) is 2.88. The maximum atomic E-state index is 5.40. The molecule has 3 heterocycles. The van der Waals surface area contributed by atoms with Crippen molar-refractivity contribution < 1.29 is 9.26 Å². The lowest BCUT2D eigenvalue weighted by molar-refractivity contribution is 0.0527. The van der Waals surface area contributed by atoms with Gasteiger partial charge in [0.25, 0.3) is 0 Å². The normalized spacial score (nSPS) is 28.4. The average Bonchev–Trinajstić information content (AvgIpc) is 3.01. The molecule has 0 bridgehead atoms. The van der Waals surface area contributed by atoms with Gasteiger partial charge in [-0.15, -0.1) is 0 Å². The van der Waals surface area contributed by atoms with Gasteiger partial charge in [0, 0.05) is 18.6 Å². The fraction of sp³-hybridized carbons (Fsp3) is 0.833. The molecule has 1 aromatic heterocycles. The lowest BCUT2D eigenvalue weighted by atomic mass is 9.82. The van der Waals surface area contributed by atoms with Crippen LogP contribution in [0.3, 0.4) is 0 Å². The molecule has 0 amide bonds. The summed E-state index contributed by atoms with van der Waals surface area (Å²) in [5.41, 5.74) is 0.0264. The van der Waals surface area contributed by atoms with Crippen molar-refractivity contribution in [1.29, 1.82) is 0 Å². The molecule has 3 rings (SSSR count).